The van der Waals surface area contributed by atoms with Gasteiger partial charge in [0, 0.05) is 18.7 Å². The molecule has 2 aromatic rings. The van der Waals surface area contributed by atoms with Crippen LogP contribution in [-0.4, -0.2) is 24.2 Å². The molecule has 4 nitrogen and oxygen atoms in total. The van der Waals surface area contributed by atoms with Crippen molar-refractivity contribution < 1.29 is 9.26 Å². The number of aryl methyl sites for hydroxylation is 2. The monoisotopic (exact) mass is 260 g/mol. The number of rotatable bonds is 5. The van der Waals surface area contributed by atoms with E-state index in [0.29, 0.717) is 0 Å². The van der Waals surface area contributed by atoms with Crippen LogP contribution in [0.2, 0.25) is 0 Å². The summed E-state index contributed by atoms with van der Waals surface area (Å²) in [4.78, 5) is 2.24. The van der Waals surface area contributed by atoms with Gasteiger partial charge in [-0.15, -0.1) is 0 Å². The minimum Gasteiger partial charge on any atom is -0.497 e. The van der Waals surface area contributed by atoms with Crippen molar-refractivity contribution in [2.75, 3.05) is 14.2 Å². The number of ether oxygens (including phenoxy) is 1. The molecule has 0 fully saturated rings. The molecule has 0 bridgehead atoms. The zero-order valence-electron chi connectivity index (χ0n) is 11.9. The van der Waals surface area contributed by atoms with Crippen LogP contribution in [0.1, 0.15) is 22.6 Å². The topological polar surface area (TPSA) is 38.5 Å². The van der Waals surface area contributed by atoms with E-state index in [0.717, 1.165) is 30.3 Å². The molecule has 0 aliphatic rings. The molecule has 0 aliphatic heterocycles. The third-order valence-corrected chi connectivity index (χ3v) is 3.22. The summed E-state index contributed by atoms with van der Waals surface area (Å²) in [6.07, 6.45) is 0. The molecular formula is C15H20N2O2. The maximum Gasteiger partial charge on any atom is 0.138 e. The third-order valence-electron chi connectivity index (χ3n) is 3.22. The maximum atomic E-state index is 5.18. The van der Waals surface area contributed by atoms with E-state index in [1.165, 1.54) is 11.1 Å². The van der Waals surface area contributed by atoms with Crippen molar-refractivity contribution in [2.24, 2.45) is 0 Å². The highest BCUT2D eigenvalue weighted by molar-refractivity contribution is 5.27. The Labute approximate surface area is 114 Å². The quantitative estimate of drug-likeness (QED) is 0.828. The average molecular weight is 260 g/mol. The lowest BCUT2D eigenvalue weighted by Gasteiger charge is -2.16. The van der Waals surface area contributed by atoms with E-state index in [2.05, 4.69) is 29.2 Å². The first-order valence-corrected chi connectivity index (χ1v) is 6.33. The van der Waals surface area contributed by atoms with E-state index in [-0.39, 0.29) is 0 Å². The summed E-state index contributed by atoms with van der Waals surface area (Å²) in [5, 5.41) is 3.98. The highest BCUT2D eigenvalue weighted by Crippen LogP contribution is 2.17. The Morgan fingerprint density at radius 2 is 1.84 bits per heavy atom. The van der Waals surface area contributed by atoms with Crippen molar-refractivity contribution in [3.63, 3.8) is 0 Å². The SMILES string of the molecule is COc1ccc(CN(C)Cc2c(C)noc2C)cc1. The molecule has 4 heteroatoms. The van der Waals surface area contributed by atoms with Gasteiger partial charge >= 0.3 is 0 Å². The van der Waals surface area contributed by atoms with Crippen LogP contribution >= 0.6 is 0 Å². The van der Waals surface area contributed by atoms with Crippen LogP contribution in [0, 0.1) is 13.8 Å². The molecule has 0 radical (unpaired) electrons. The predicted molar refractivity (Wildman–Crippen MR) is 74.1 cm³/mol. The van der Waals surface area contributed by atoms with E-state index >= 15 is 0 Å². The summed E-state index contributed by atoms with van der Waals surface area (Å²) < 4.78 is 10.3. The molecule has 0 unspecified atom stereocenters. The Morgan fingerprint density at radius 3 is 2.37 bits per heavy atom. The van der Waals surface area contributed by atoms with Gasteiger partial charge in [-0.25, -0.2) is 0 Å². The molecule has 1 aromatic heterocycles. The van der Waals surface area contributed by atoms with Crippen molar-refractivity contribution >= 4 is 0 Å². The standard InChI is InChI=1S/C15H20N2O2/c1-11-15(12(2)19-16-11)10-17(3)9-13-5-7-14(18-4)8-6-13/h5-8H,9-10H2,1-4H3. The van der Waals surface area contributed by atoms with E-state index in [1.54, 1.807) is 7.11 Å². The van der Waals surface area contributed by atoms with Gasteiger partial charge in [-0.05, 0) is 38.6 Å². The van der Waals surface area contributed by atoms with E-state index in [1.807, 2.05) is 26.0 Å². The molecule has 0 atom stereocenters. The predicted octanol–water partition coefficient (Wildman–Crippen LogP) is 2.93. The minimum atomic E-state index is 0.840. The first kappa shape index (κ1) is 13.6. The summed E-state index contributed by atoms with van der Waals surface area (Å²) >= 11 is 0. The van der Waals surface area contributed by atoms with Gasteiger partial charge in [0.15, 0.2) is 0 Å². The third kappa shape index (κ3) is 3.35. The normalized spacial score (nSPS) is 11.0. The fourth-order valence-electron chi connectivity index (χ4n) is 2.10. The molecule has 0 spiro atoms. The highest BCUT2D eigenvalue weighted by atomic mass is 16.5. The molecule has 19 heavy (non-hydrogen) atoms. The zero-order valence-corrected chi connectivity index (χ0v) is 11.9. The van der Waals surface area contributed by atoms with Crippen molar-refractivity contribution in [3.8, 4) is 5.75 Å². The summed E-state index contributed by atoms with van der Waals surface area (Å²) in [6.45, 7) is 5.66. The minimum absolute atomic E-state index is 0.840. The number of hydrogen-bond donors (Lipinski definition) is 0. The summed E-state index contributed by atoms with van der Waals surface area (Å²) in [7, 11) is 3.77. The highest BCUT2D eigenvalue weighted by Gasteiger charge is 2.11. The molecule has 0 amide bonds. The second-order valence-electron chi connectivity index (χ2n) is 4.82. The molecule has 0 saturated heterocycles. The van der Waals surface area contributed by atoms with Crippen LogP contribution in [0.15, 0.2) is 28.8 Å². The fraction of sp³-hybridized carbons (Fsp3) is 0.400. The Morgan fingerprint density at radius 1 is 1.16 bits per heavy atom. The summed E-state index contributed by atoms with van der Waals surface area (Å²) in [5.41, 5.74) is 3.41. The van der Waals surface area contributed by atoms with Gasteiger partial charge in [-0.1, -0.05) is 17.3 Å². The Balaban J connectivity index is 1.99. The van der Waals surface area contributed by atoms with Gasteiger partial charge in [-0.3, -0.25) is 4.90 Å². The van der Waals surface area contributed by atoms with Gasteiger partial charge in [0.1, 0.15) is 11.5 Å². The van der Waals surface area contributed by atoms with Crippen LogP contribution in [0.3, 0.4) is 0 Å². The van der Waals surface area contributed by atoms with E-state index < -0.39 is 0 Å². The van der Waals surface area contributed by atoms with E-state index in [4.69, 9.17) is 9.26 Å². The number of methoxy groups -OCH3 is 1. The second-order valence-corrected chi connectivity index (χ2v) is 4.82. The molecule has 0 N–H and O–H groups in total. The van der Waals surface area contributed by atoms with Gasteiger partial charge in [0.05, 0.1) is 12.8 Å². The van der Waals surface area contributed by atoms with Crippen molar-refractivity contribution in [1.82, 2.24) is 10.1 Å². The van der Waals surface area contributed by atoms with Gasteiger partial charge in [0.25, 0.3) is 0 Å². The molecule has 102 valence electrons. The fourth-order valence-corrected chi connectivity index (χ4v) is 2.10. The lowest BCUT2D eigenvalue weighted by Crippen LogP contribution is -2.17. The summed E-state index contributed by atoms with van der Waals surface area (Å²) in [6, 6.07) is 8.14. The first-order valence-electron chi connectivity index (χ1n) is 6.33. The maximum absolute atomic E-state index is 5.18. The van der Waals surface area contributed by atoms with Crippen LogP contribution in [0.4, 0.5) is 0 Å². The van der Waals surface area contributed by atoms with Crippen LogP contribution in [0.25, 0.3) is 0 Å². The molecule has 2 rings (SSSR count). The van der Waals surface area contributed by atoms with Crippen LogP contribution in [-0.2, 0) is 13.1 Å². The van der Waals surface area contributed by atoms with Gasteiger partial charge < -0.3 is 9.26 Å². The van der Waals surface area contributed by atoms with Gasteiger partial charge in [-0.2, -0.15) is 0 Å². The van der Waals surface area contributed by atoms with Crippen LogP contribution in [0.5, 0.6) is 5.75 Å². The number of aromatic nitrogens is 1. The Kier molecular flexibility index (Phi) is 4.22. The Bertz CT molecular complexity index is 512. The number of hydrogen-bond acceptors (Lipinski definition) is 4. The molecular weight excluding hydrogens is 240 g/mol. The smallest absolute Gasteiger partial charge is 0.138 e. The molecule has 0 saturated carbocycles. The molecule has 0 aliphatic carbocycles. The first-order chi connectivity index (χ1) is 9.10. The lowest BCUT2D eigenvalue weighted by molar-refractivity contribution is 0.314. The average Bonchev–Trinajstić information content (AvgIpc) is 2.71. The van der Waals surface area contributed by atoms with Crippen LogP contribution < -0.4 is 4.74 Å². The Hall–Kier alpha value is -1.81. The molecule has 1 aromatic carbocycles. The number of benzene rings is 1. The van der Waals surface area contributed by atoms with Crippen molar-refractivity contribution in [2.45, 2.75) is 26.9 Å². The number of nitrogens with zero attached hydrogens (tertiary/aromatic N) is 2. The molecule has 1 heterocycles. The van der Waals surface area contributed by atoms with Crippen molar-refractivity contribution in [3.05, 3.63) is 46.8 Å². The van der Waals surface area contributed by atoms with Gasteiger partial charge in [0.2, 0.25) is 0 Å². The lowest BCUT2D eigenvalue weighted by atomic mass is 10.1. The second kappa shape index (κ2) is 5.89. The largest absolute Gasteiger partial charge is 0.497 e. The zero-order chi connectivity index (χ0) is 13.8. The van der Waals surface area contributed by atoms with E-state index in [9.17, 15) is 0 Å². The summed E-state index contributed by atoms with van der Waals surface area (Å²) in [5.74, 6) is 1.79. The van der Waals surface area contributed by atoms with Crippen molar-refractivity contribution in [1.29, 1.82) is 0 Å².